The molecule has 0 N–H and O–H groups in total. The molecular formula is C22H17NO. The minimum absolute atomic E-state index is 0.667. The van der Waals surface area contributed by atoms with Gasteiger partial charge in [0.2, 0.25) is 5.71 Å². The van der Waals surface area contributed by atoms with Gasteiger partial charge in [-0.3, -0.25) is 0 Å². The first-order valence-corrected chi connectivity index (χ1v) is 8.00. The van der Waals surface area contributed by atoms with Gasteiger partial charge in [0.15, 0.2) is 0 Å². The molecule has 0 fully saturated rings. The first-order valence-electron chi connectivity index (χ1n) is 8.00. The fourth-order valence-electron chi connectivity index (χ4n) is 2.92. The molecule has 0 radical (unpaired) electrons. The number of nitrogens with zero attached hydrogens (tertiary/aromatic N) is 1. The summed E-state index contributed by atoms with van der Waals surface area (Å²) in [6, 6.07) is 24.5. The van der Waals surface area contributed by atoms with Crippen LogP contribution >= 0.6 is 0 Å². The molecule has 0 spiro atoms. The van der Waals surface area contributed by atoms with E-state index in [1.165, 1.54) is 0 Å². The van der Waals surface area contributed by atoms with E-state index >= 15 is 0 Å². The smallest absolute Gasteiger partial charge is 0.227 e. The Hall–Kier alpha value is -3.13. The zero-order chi connectivity index (χ0) is 16.4. The van der Waals surface area contributed by atoms with E-state index in [0.717, 1.165) is 40.0 Å². The van der Waals surface area contributed by atoms with Crippen molar-refractivity contribution in [3.63, 3.8) is 0 Å². The Morgan fingerprint density at radius 1 is 0.875 bits per heavy atom. The average molecular weight is 311 g/mol. The minimum Gasteiger partial charge on any atom is -0.438 e. The van der Waals surface area contributed by atoms with Crippen LogP contribution in [0.2, 0.25) is 0 Å². The Balaban J connectivity index is 1.90. The molecule has 0 saturated carbocycles. The van der Waals surface area contributed by atoms with E-state index in [2.05, 4.69) is 30.8 Å². The van der Waals surface area contributed by atoms with Gasteiger partial charge in [-0.25, -0.2) is 4.98 Å². The van der Waals surface area contributed by atoms with E-state index in [0.29, 0.717) is 5.71 Å². The van der Waals surface area contributed by atoms with Gasteiger partial charge in [-0.15, -0.1) is 6.58 Å². The van der Waals surface area contributed by atoms with Gasteiger partial charge < -0.3 is 4.42 Å². The zero-order valence-corrected chi connectivity index (χ0v) is 13.3. The molecular weight excluding hydrogens is 294 g/mol. The maximum Gasteiger partial charge on any atom is 0.227 e. The van der Waals surface area contributed by atoms with Crippen LogP contribution in [-0.2, 0) is 6.42 Å². The van der Waals surface area contributed by atoms with Gasteiger partial charge >= 0.3 is 0 Å². The van der Waals surface area contributed by atoms with Crippen LogP contribution in [-0.4, -0.2) is 4.98 Å². The number of pyridine rings is 1. The normalized spacial score (nSPS) is 10.8. The summed E-state index contributed by atoms with van der Waals surface area (Å²) in [7, 11) is 0. The van der Waals surface area contributed by atoms with E-state index in [9.17, 15) is 0 Å². The highest BCUT2D eigenvalue weighted by molar-refractivity contribution is 5.84. The Morgan fingerprint density at radius 2 is 1.54 bits per heavy atom. The van der Waals surface area contributed by atoms with Crippen molar-refractivity contribution in [3.05, 3.63) is 91.0 Å². The largest absolute Gasteiger partial charge is 0.438 e. The number of rotatable bonds is 4. The second-order valence-corrected chi connectivity index (χ2v) is 5.73. The lowest BCUT2D eigenvalue weighted by atomic mass is 10.0. The van der Waals surface area contributed by atoms with Gasteiger partial charge in [-0.2, -0.15) is 0 Å². The monoisotopic (exact) mass is 311 g/mol. The highest BCUT2D eigenvalue weighted by Gasteiger charge is 2.13. The lowest BCUT2D eigenvalue weighted by Crippen LogP contribution is -1.92. The maximum atomic E-state index is 6.01. The average Bonchev–Trinajstić information content (AvgIpc) is 3.06. The van der Waals surface area contributed by atoms with E-state index in [-0.39, 0.29) is 0 Å². The summed E-state index contributed by atoms with van der Waals surface area (Å²) in [4.78, 5) is 4.80. The summed E-state index contributed by atoms with van der Waals surface area (Å²) >= 11 is 0. The number of allylic oxidation sites excluding steroid dienone is 1. The topological polar surface area (TPSA) is 26.0 Å². The Labute approximate surface area is 141 Å². The molecule has 0 aliphatic rings. The van der Waals surface area contributed by atoms with Crippen LogP contribution in [0.1, 0.15) is 5.56 Å². The third kappa shape index (κ3) is 2.63. The van der Waals surface area contributed by atoms with Crippen molar-refractivity contribution < 1.29 is 4.42 Å². The van der Waals surface area contributed by atoms with Crippen LogP contribution in [0.3, 0.4) is 0 Å². The fraction of sp³-hybridized carbons (Fsp3) is 0.0455. The summed E-state index contributed by atoms with van der Waals surface area (Å²) < 4.78 is 6.01. The van der Waals surface area contributed by atoms with Crippen LogP contribution in [0.4, 0.5) is 0 Å². The molecule has 2 heterocycles. The molecule has 2 aromatic carbocycles. The number of aromatic nitrogens is 1. The van der Waals surface area contributed by atoms with Crippen molar-refractivity contribution in [1.82, 2.24) is 4.98 Å². The van der Waals surface area contributed by atoms with E-state index in [4.69, 9.17) is 9.40 Å². The molecule has 2 heteroatoms. The SMILES string of the molecule is C=CCc1cc2cc(-c3ccccc3)oc2nc1-c1ccccc1. The molecule has 0 aliphatic carbocycles. The first-order chi connectivity index (χ1) is 11.8. The van der Waals surface area contributed by atoms with E-state index in [1.54, 1.807) is 0 Å². The van der Waals surface area contributed by atoms with Crippen molar-refractivity contribution in [3.8, 4) is 22.6 Å². The van der Waals surface area contributed by atoms with Crippen LogP contribution in [0.5, 0.6) is 0 Å². The standard InChI is InChI=1S/C22H17NO/c1-2-9-18-14-19-15-20(16-10-5-3-6-11-16)24-22(19)23-21(18)17-12-7-4-8-13-17/h2-8,10-15H,1,9H2. The van der Waals surface area contributed by atoms with Gasteiger partial charge in [0, 0.05) is 16.5 Å². The van der Waals surface area contributed by atoms with Crippen molar-refractivity contribution in [1.29, 1.82) is 0 Å². The molecule has 116 valence electrons. The molecule has 0 saturated heterocycles. The van der Waals surface area contributed by atoms with Gasteiger partial charge in [0.25, 0.3) is 0 Å². The van der Waals surface area contributed by atoms with Gasteiger partial charge in [0.1, 0.15) is 5.76 Å². The number of hydrogen-bond donors (Lipinski definition) is 0. The number of fused-ring (bicyclic) bond motifs is 1. The Bertz CT molecular complexity index is 985. The van der Waals surface area contributed by atoms with E-state index in [1.807, 2.05) is 54.6 Å². The molecule has 0 aliphatic heterocycles. The lowest BCUT2D eigenvalue weighted by Gasteiger charge is -2.07. The predicted octanol–water partition coefficient (Wildman–Crippen LogP) is 5.89. The summed E-state index contributed by atoms with van der Waals surface area (Å²) in [5.41, 5.74) is 4.93. The number of furan rings is 1. The Kier molecular flexibility index (Phi) is 3.72. The molecule has 0 atom stereocenters. The second-order valence-electron chi connectivity index (χ2n) is 5.73. The van der Waals surface area contributed by atoms with Crippen molar-refractivity contribution >= 4 is 11.1 Å². The van der Waals surface area contributed by atoms with Crippen LogP contribution in [0.25, 0.3) is 33.7 Å². The van der Waals surface area contributed by atoms with Crippen LogP contribution in [0.15, 0.2) is 89.9 Å². The zero-order valence-electron chi connectivity index (χ0n) is 13.3. The summed E-state index contributed by atoms with van der Waals surface area (Å²) in [5, 5.41) is 1.02. The molecule has 0 amide bonds. The highest BCUT2D eigenvalue weighted by atomic mass is 16.3. The molecule has 4 aromatic rings. The molecule has 24 heavy (non-hydrogen) atoms. The molecule has 2 nitrogen and oxygen atoms in total. The third-order valence-corrected chi connectivity index (χ3v) is 4.06. The summed E-state index contributed by atoms with van der Waals surface area (Å²) in [6.45, 7) is 3.87. The fourth-order valence-corrected chi connectivity index (χ4v) is 2.92. The minimum atomic E-state index is 0.667. The third-order valence-electron chi connectivity index (χ3n) is 4.06. The first kappa shape index (κ1) is 14.5. The molecule has 0 bridgehead atoms. The summed E-state index contributed by atoms with van der Waals surface area (Å²) in [5.74, 6) is 0.841. The van der Waals surface area contributed by atoms with Crippen molar-refractivity contribution in [2.24, 2.45) is 0 Å². The van der Waals surface area contributed by atoms with Crippen LogP contribution in [0, 0.1) is 0 Å². The predicted molar refractivity (Wildman–Crippen MR) is 98.8 cm³/mol. The molecule has 4 rings (SSSR count). The van der Waals surface area contributed by atoms with Gasteiger partial charge in [0.05, 0.1) is 5.69 Å². The van der Waals surface area contributed by atoms with Gasteiger partial charge in [-0.1, -0.05) is 66.7 Å². The molecule has 0 unspecified atom stereocenters. The number of hydrogen-bond acceptors (Lipinski definition) is 2. The molecule has 2 aromatic heterocycles. The maximum absolute atomic E-state index is 6.01. The van der Waals surface area contributed by atoms with Crippen LogP contribution < -0.4 is 0 Å². The Morgan fingerprint density at radius 3 is 2.21 bits per heavy atom. The van der Waals surface area contributed by atoms with Crippen molar-refractivity contribution in [2.75, 3.05) is 0 Å². The van der Waals surface area contributed by atoms with Gasteiger partial charge in [-0.05, 0) is 24.1 Å². The second kappa shape index (κ2) is 6.17. The summed E-state index contributed by atoms with van der Waals surface area (Å²) in [6.07, 6.45) is 2.69. The quantitative estimate of drug-likeness (QED) is 0.439. The highest BCUT2D eigenvalue weighted by Crippen LogP contribution is 2.31. The van der Waals surface area contributed by atoms with E-state index < -0.39 is 0 Å². The lowest BCUT2D eigenvalue weighted by molar-refractivity contribution is 0.618. The van der Waals surface area contributed by atoms with Crippen molar-refractivity contribution in [2.45, 2.75) is 6.42 Å². The number of benzene rings is 2.